The van der Waals surface area contributed by atoms with Gasteiger partial charge in [-0.3, -0.25) is 0 Å². The van der Waals surface area contributed by atoms with E-state index in [4.69, 9.17) is 0 Å². The number of likely N-dealkylation sites (N-methyl/N-ethyl adjacent to an activating group) is 1. The van der Waals surface area contributed by atoms with Crippen molar-refractivity contribution in [3.8, 4) is 0 Å². The molecule has 2 nitrogen and oxygen atoms in total. The predicted molar refractivity (Wildman–Crippen MR) is 57.9 cm³/mol. The minimum absolute atomic E-state index is 0.119. The second-order valence-corrected chi connectivity index (χ2v) is 3.69. The SMILES string of the molecule is CCCCC(O)CN(CC)CCC. The Hall–Kier alpha value is -0.0800. The van der Waals surface area contributed by atoms with Gasteiger partial charge >= 0.3 is 0 Å². The van der Waals surface area contributed by atoms with Crippen molar-refractivity contribution >= 4 is 0 Å². The summed E-state index contributed by atoms with van der Waals surface area (Å²) in [7, 11) is 0. The molecule has 1 N–H and O–H groups in total. The molecule has 0 aliphatic heterocycles. The van der Waals surface area contributed by atoms with Gasteiger partial charge in [0.1, 0.15) is 0 Å². The maximum absolute atomic E-state index is 9.67. The third-order valence-corrected chi connectivity index (χ3v) is 2.35. The van der Waals surface area contributed by atoms with Gasteiger partial charge in [-0.1, -0.05) is 33.6 Å². The van der Waals surface area contributed by atoms with Crippen molar-refractivity contribution in [3.05, 3.63) is 0 Å². The van der Waals surface area contributed by atoms with E-state index in [1.807, 2.05) is 0 Å². The number of hydrogen-bond acceptors (Lipinski definition) is 2. The van der Waals surface area contributed by atoms with Gasteiger partial charge < -0.3 is 10.0 Å². The van der Waals surface area contributed by atoms with Gasteiger partial charge in [0.2, 0.25) is 0 Å². The summed E-state index contributed by atoms with van der Waals surface area (Å²) in [6.07, 6.45) is 4.33. The van der Waals surface area contributed by atoms with Crippen molar-refractivity contribution in [3.63, 3.8) is 0 Å². The molecular weight excluding hydrogens is 162 g/mol. The zero-order valence-electron chi connectivity index (χ0n) is 9.42. The summed E-state index contributed by atoms with van der Waals surface area (Å²) in [4.78, 5) is 2.32. The first-order chi connectivity index (χ1) is 6.24. The van der Waals surface area contributed by atoms with E-state index in [2.05, 4.69) is 25.7 Å². The summed E-state index contributed by atoms with van der Waals surface area (Å²) in [5, 5.41) is 9.67. The molecule has 0 amide bonds. The quantitative estimate of drug-likeness (QED) is 0.630. The van der Waals surface area contributed by atoms with Crippen molar-refractivity contribution in [1.82, 2.24) is 4.90 Å². The Labute approximate surface area is 82.9 Å². The monoisotopic (exact) mass is 187 g/mol. The minimum Gasteiger partial charge on any atom is -0.392 e. The predicted octanol–water partition coefficient (Wildman–Crippen LogP) is 2.27. The molecule has 0 heterocycles. The second-order valence-electron chi connectivity index (χ2n) is 3.69. The molecule has 13 heavy (non-hydrogen) atoms. The summed E-state index contributed by atoms with van der Waals surface area (Å²) in [6, 6.07) is 0. The molecule has 0 radical (unpaired) electrons. The molecule has 80 valence electrons. The number of hydrogen-bond donors (Lipinski definition) is 1. The van der Waals surface area contributed by atoms with E-state index in [0.717, 1.165) is 32.5 Å². The first-order valence-electron chi connectivity index (χ1n) is 5.64. The van der Waals surface area contributed by atoms with Crippen LogP contribution in [0.25, 0.3) is 0 Å². The van der Waals surface area contributed by atoms with Crippen molar-refractivity contribution in [2.45, 2.75) is 52.6 Å². The highest BCUT2D eigenvalue weighted by Gasteiger charge is 2.08. The molecule has 0 bridgehead atoms. The van der Waals surface area contributed by atoms with Gasteiger partial charge in [-0.25, -0.2) is 0 Å². The second kappa shape index (κ2) is 8.52. The Balaban J connectivity index is 3.53. The normalized spacial score (nSPS) is 13.6. The number of nitrogens with zero attached hydrogens (tertiary/aromatic N) is 1. The standard InChI is InChI=1S/C11H25NO/c1-4-7-8-11(13)10-12(6-3)9-5-2/h11,13H,4-10H2,1-3H3. The van der Waals surface area contributed by atoms with Crippen molar-refractivity contribution in [1.29, 1.82) is 0 Å². The van der Waals surface area contributed by atoms with Gasteiger partial charge in [0.05, 0.1) is 6.10 Å². The molecule has 1 atom stereocenters. The van der Waals surface area contributed by atoms with Gasteiger partial charge in [-0.2, -0.15) is 0 Å². The summed E-state index contributed by atoms with van der Waals surface area (Å²) >= 11 is 0. The third kappa shape index (κ3) is 7.03. The van der Waals surface area contributed by atoms with Gasteiger partial charge in [0.15, 0.2) is 0 Å². The molecule has 0 saturated carbocycles. The summed E-state index contributed by atoms with van der Waals surface area (Å²) in [5.41, 5.74) is 0. The molecule has 0 aromatic heterocycles. The molecule has 0 aromatic rings. The fraction of sp³-hybridized carbons (Fsp3) is 1.00. The van der Waals surface area contributed by atoms with Crippen LogP contribution in [0.4, 0.5) is 0 Å². The average molecular weight is 187 g/mol. The summed E-state index contributed by atoms with van der Waals surface area (Å²) in [5.74, 6) is 0. The molecule has 0 rings (SSSR count). The van der Waals surface area contributed by atoms with E-state index in [1.54, 1.807) is 0 Å². The van der Waals surface area contributed by atoms with Crippen LogP contribution in [0.15, 0.2) is 0 Å². The number of rotatable bonds is 8. The largest absolute Gasteiger partial charge is 0.392 e. The Kier molecular flexibility index (Phi) is 8.46. The van der Waals surface area contributed by atoms with E-state index in [1.165, 1.54) is 12.8 Å². The highest BCUT2D eigenvalue weighted by atomic mass is 16.3. The Morgan fingerprint density at radius 2 is 1.85 bits per heavy atom. The Morgan fingerprint density at radius 1 is 1.15 bits per heavy atom. The lowest BCUT2D eigenvalue weighted by Gasteiger charge is -2.22. The Bertz CT molecular complexity index is 106. The van der Waals surface area contributed by atoms with Crippen LogP contribution in [0.1, 0.15) is 46.5 Å². The number of aliphatic hydroxyl groups excluding tert-OH is 1. The van der Waals surface area contributed by atoms with Crippen molar-refractivity contribution in [2.75, 3.05) is 19.6 Å². The molecule has 0 aliphatic rings. The molecule has 1 unspecified atom stereocenters. The topological polar surface area (TPSA) is 23.5 Å². The van der Waals surface area contributed by atoms with Gasteiger partial charge in [-0.05, 0) is 25.9 Å². The lowest BCUT2D eigenvalue weighted by Crippen LogP contribution is -2.32. The highest BCUT2D eigenvalue weighted by Crippen LogP contribution is 2.03. The molecule has 0 spiro atoms. The Morgan fingerprint density at radius 3 is 2.31 bits per heavy atom. The average Bonchev–Trinajstić information content (AvgIpc) is 2.14. The molecule has 0 fully saturated rings. The minimum atomic E-state index is -0.119. The van der Waals surface area contributed by atoms with Crippen LogP contribution >= 0.6 is 0 Å². The summed E-state index contributed by atoms with van der Waals surface area (Å²) < 4.78 is 0. The smallest absolute Gasteiger partial charge is 0.0667 e. The van der Waals surface area contributed by atoms with Crippen LogP contribution in [0.5, 0.6) is 0 Å². The van der Waals surface area contributed by atoms with Crippen LogP contribution in [0, 0.1) is 0 Å². The fourth-order valence-electron chi connectivity index (χ4n) is 1.52. The third-order valence-electron chi connectivity index (χ3n) is 2.35. The highest BCUT2D eigenvalue weighted by molar-refractivity contribution is 4.62. The molecule has 0 saturated heterocycles. The summed E-state index contributed by atoms with van der Waals surface area (Å²) in [6.45, 7) is 9.51. The number of aliphatic hydroxyl groups is 1. The number of unbranched alkanes of at least 4 members (excludes halogenated alkanes) is 1. The maximum Gasteiger partial charge on any atom is 0.0667 e. The molecule has 2 heteroatoms. The van der Waals surface area contributed by atoms with Crippen LogP contribution < -0.4 is 0 Å². The first-order valence-corrected chi connectivity index (χ1v) is 5.64. The van der Waals surface area contributed by atoms with E-state index < -0.39 is 0 Å². The van der Waals surface area contributed by atoms with E-state index >= 15 is 0 Å². The lowest BCUT2D eigenvalue weighted by atomic mass is 10.1. The van der Waals surface area contributed by atoms with E-state index in [0.29, 0.717) is 0 Å². The molecule has 0 aliphatic carbocycles. The lowest BCUT2D eigenvalue weighted by molar-refractivity contribution is 0.106. The zero-order valence-corrected chi connectivity index (χ0v) is 9.42. The van der Waals surface area contributed by atoms with Crippen LogP contribution in [-0.4, -0.2) is 35.7 Å². The van der Waals surface area contributed by atoms with Gasteiger partial charge in [0, 0.05) is 6.54 Å². The van der Waals surface area contributed by atoms with E-state index in [9.17, 15) is 5.11 Å². The van der Waals surface area contributed by atoms with E-state index in [-0.39, 0.29) is 6.10 Å². The molecular formula is C11H25NO. The fourth-order valence-corrected chi connectivity index (χ4v) is 1.52. The van der Waals surface area contributed by atoms with Crippen molar-refractivity contribution < 1.29 is 5.11 Å². The first kappa shape index (κ1) is 12.9. The maximum atomic E-state index is 9.67. The molecule has 0 aromatic carbocycles. The van der Waals surface area contributed by atoms with Gasteiger partial charge in [0.25, 0.3) is 0 Å². The van der Waals surface area contributed by atoms with Gasteiger partial charge in [-0.15, -0.1) is 0 Å². The van der Waals surface area contributed by atoms with Crippen LogP contribution in [0.2, 0.25) is 0 Å². The van der Waals surface area contributed by atoms with Crippen molar-refractivity contribution in [2.24, 2.45) is 0 Å². The van der Waals surface area contributed by atoms with Crippen LogP contribution in [0.3, 0.4) is 0 Å². The zero-order chi connectivity index (χ0) is 10.1. The van der Waals surface area contributed by atoms with Crippen LogP contribution in [-0.2, 0) is 0 Å².